The van der Waals surface area contributed by atoms with Crippen molar-refractivity contribution in [1.82, 2.24) is 0 Å². The van der Waals surface area contributed by atoms with Crippen molar-refractivity contribution in [3.05, 3.63) is 34.1 Å². The van der Waals surface area contributed by atoms with E-state index in [-0.39, 0.29) is 12.0 Å². The summed E-state index contributed by atoms with van der Waals surface area (Å²) in [5.74, 6) is 3.33. The van der Waals surface area contributed by atoms with E-state index in [0.717, 1.165) is 0 Å². The summed E-state index contributed by atoms with van der Waals surface area (Å²) in [5, 5.41) is 8.31. The summed E-state index contributed by atoms with van der Waals surface area (Å²) in [6.07, 6.45) is -0.286. The molecule has 0 saturated carbocycles. The summed E-state index contributed by atoms with van der Waals surface area (Å²) >= 11 is 3.17. The van der Waals surface area contributed by atoms with Crippen LogP contribution < -0.4 is 0 Å². The maximum Gasteiger partial charge on any atom is 0.315 e. The normalized spacial score (nSPS) is 9.00. The van der Waals surface area contributed by atoms with Crippen LogP contribution in [0.3, 0.4) is 0 Å². The number of carbonyl (C=O) groups is 1. The predicted molar refractivity (Wildman–Crippen MR) is 53.2 cm³/mol. The molecule has 0 radical (unpaired) electrons. The van der Waals surface area contributed by atoms with E-state index >= 15 is 0 Å². The van der Waals surface area contributed by atoms with Gasteiger partial charge < -0.3 is 5.11 Å². The molecule has 0 aliphatic carbocycles. The fraction of sp³-hybridized carbons (Fsp3) is 0.100. The van der Waals surface area contributed by atoms with Gasteiger partial charge in [0.05, 0.1) is 5.56 Å². The number of benzene rings is 1. The molecule has 1 aromatic carbocycles. The maximum absolute atomic E-state index is 13.0. The van der Waals surface area contributed by atoms with Crippen LogP contribution in [0.1, 0.15) is 12.0 Å². The average Bonchev–Trinajstić information content (AvgIpc) is 2.10. The van der Waals surface area contributed by atoms with Gasteiger partial charge in [-0.15, -0.1) is 0 Å². The van der Waals surface area contributed by atoms with Crippen molar-refractivity contribution in [3.63, 3.8) is 0 Å². The van der Waals surface area contributed by atoms with Crippen LogP contribution in [0, 0.1) is 17.7 Å². The van der Waals surface area contributed by atoms with Crippen molar-refractivity contribution >= 4 is 21.9 Å². The third kappa shape index (κ3) is 3.19. The van der Waals surface area contributed by atoms with Gasteiger partial charge in [0.25, 0.3) is 0 Å². The van der Waals surface area contributed by atoms with Crippen molar-refractivity contribution in [2.75, 3.05) is 0 Å². The molecule has 0 fully saturated rings. The molecule has 0 spiro atoms. The number of carboxylic acid groups (broad SMARTS) is 1. The molecule has 72 valence electrons. The molecule has 0 saturated heterocycles. The van der Waals surface area contributed by atoms with E-state index < -0.39 is 11.8 Å². The first kappa shape index (κ1) is 10.7. The zero-order valence-electron chi connectivity index (χ0n) is 7.05. The molecule has 0 heterocycles. The van der Waals surface area contributed by atoms with Gasteiger partial charge in [0.1, 0.15) is 12.2 Å². The molecule has 0 atom stereocenters. The SMILES string of the molecule is O=C(O)CC#Cc1cc(Br)ccc1F. The highest BCUT2D eigenvalue weighted by molar-refractivity contribution is 9.10. The van der Waals surface area contributed by atoms with Crippen molar-refractivity contribution in [3.8, 4) is 11.8 Å². The Labute approximate surface area is 88.9 Å². The minimum atomic E-state index is -1.02. The summed E-state index contributed by atoms with van der Waals surface area (Å²) in [7, 11) is 0. The summed E-state index contributed by atoms with van der Waals surface area (Å²) in [6.45, 7) is 0. The van der Waals surface area contributed by atoms with Gasteiger partial charge in [-0.05, 0) is 18.2 Å². The maximum atomic E-state index is 13.0. The zero-order valence-corrected chi connectivity index (χ0v) is 8.64. The third-order valence-corrected chi connectivity index (χ3v) is 1.88. The Morgan fingerprint density at radius 3 is 2.93 bits per heavy atom. The molecule has 0 aliphatic heterocycles. The van der Waals surface area contributed by atoms with E-state index in [4.69, 9.17) is 5.11 Å². The molecular formula is C10H6BrFO2. The van der Waals surface area contributed by atoms with Crippen LogP contribution in [0.2, 0.25) is 0 Å². The quantitative estimate of drug-likeness (QED) is 0.784. The predicted octanol–water partition coefficient (Wildman–Crippen LogP) is 2.41. The van der Waals surface area contributed by atoms with E-state index in [1.165, 1.54) is 12.1 Å². The van der Waals surface area contributed by atoms with E-state index in [2.05, 4.69) is 27.8 Å². The Hall–Kier alpha value is -1.34. The molecule has 1 N–H and O–H groups in total. The summed E-state index contributed by atoms with van der Waals surface area (Å²) in [4.78, 5) is 10.1. The van der Waals surface area contributed by atoms with Gasteiger partial charge in [0.2, 0.25) is 0 Å². The van der Waals surface area contributed by atoms with E-state index in [9.17, 15) is 9.18 Å². The molecule has 0 unspecified atom stereocenters. The van der Waals surface area contributed by atoms with Crippen LogP contribution in [0.4, 0.5) is 4.39 Å². The van der Waals surface area contributed by atoms with Gasteiger partial charge in [-0.1, -0.05) is 27.8 Å². The van der Waals surface area contributed by atoms with Crippen LogP contribution in [0.25, 0.3) is 0 Å². The monoisotopic (exact) mass is 256 g/mol. The molecule has 14 heavy (non-hydrogen) atoms. The van der Waals surface area contributed by atoms with Crippen LogP contribution in [0.5, 0.6) is 0 Å². The van der Waals surface area contributed by atoms with Gasteiger partial charge in [0.15, 0.2) is 0 Å². The largest absolute Gasteiger partial charge is 0.481 e. The smallest absolute Gasteiger partial charge is 0.315 e. The number of rotatable bonds is 1. The number of aliphatic carboxylic acids is 1. The fourth-order valence-electron chi connectivity index (χ4n) is 0.808. The van der Waals surface area contributed by atoms with E-state index in [1.54, 1.807) is 6.07 Å². The fourth-order valence-corrected chi connectivity index (χ4v) is 1.17. The molecule has 0 bridgehead atoms. The Morgan fingerprint density at radius 2 is 2.29 bits per heavy atom. The van der Waals surface area contributed by atoms with Gasteiger partial charge in [-0.25, -0.2) is 4.39 Å². The van der Waals surface area contributed by atoms with E-state index in [1.807, 2.05) is 0 Å². The lowest BCUT2D eigenvalue weighted by atomic mass is 10.2. The second-order valence-corrected chi connectivity index (χ2v) is 3.41. The Balaban J connectivity index is 2.88. The highest BCUT2D eigenvalue weighted by Gasteiger charge is 1.98. The number of carboxylic acids is 1. The Bertz CT molecular complexity index is 418. The highest BCUT2D eigenvalue weighted by Crippen LogP contribution is 2.14. The molecule has 0 aliphatic rings. The van der Waals surface area contributed by atoms with Crippen LogP contribution >= 0.6 is 15.9 Å². The molecule has 4 heteroatoms. The minimum absolute atomic E-state index is 0.195. The number of hydrogen-bond acceptors (Lipinski definition) is 1. The van der Waals surface area contributed by atoms with Gasteiger partial charge in [-0.2, -0.15) is 0 Å². The minimum Gasteiger partial charge on any atom is -0.481 e. The van der Waals surface area contributed by atoms with Gasteiger partial charge >= 0.3 is 5.97 Å². The molecule has 0 amide bonds. The lowest BCUT2D eigenvalue weighted by molar-refractivity contribution is -0.135. The summed E-state index contributed by atoms with van der Waals surface area (Å²) in [6, 6.07) is 4.33. The zero-order chi connectivity index (χ0) is 10.6. The van der Waals surface area contributed by atoms with Gasteiger partial charge in [0, 0.05) is 4.47 Å². The Kier molecular flexibility index (Phi) is 3.66. The van der Waals surface area contributed by atoms with Crippen molar-refractivity contribution in [2.24, 2.45) is 0 Å². The second kappa shape index (κ2) is 4.77. The molecule has 2 nitrogen and oxygen atoms in total. The van der Waals surface area contributed by atoms with Crippen LogP contribution in [-0.4, -0.2) is 11.1 Å². The van der Waals surface area contributed by atoms with E-state index in [0.29, 0.717) is 4.47 Å². The van der Waals surface area contributed by atoms with Crippen LogP contribution in [-0.2, 0) is 4.79 Å². The highest BCUT2D eigenvalue weighted by atomic mass is 79.9. The third-order valence-electron chi connectivity index (χ3n) is 1.39. The second-order valence-electron chi connectivity index (χ2n) is 2.50. The summed E-state index contributed by atoms with van der Waals surface area (Å²) in [5.41, 5.74) is 0.195. The van der Waals surface area contributed by atoms with Crippen molar-refractivity contribution in [1.29, 1.82) is 0 Å². The topological polar surface area (TPSA) is 37.3 Å². The average molecular weight is 257 g/mol. The number of hydrogen-bond donors (Lipinski definition) is 1. The molecular weight excluding hydrogens is 251 g/mol. The molecule has 1 rings (SSSR count). The molecule has 1 aromatic rings. The standard InChI is InChI=1S/C10H6BrFO2/c11-8-4-5-9(12)7(6-8)2-1-3-10(13)14/h4-6H,3H2,(H,13,14). The van der Waals surface area contributed by atoms with Crippen molar-refractivity contribution in [2.45, 2.75) is 6.42 Å². The van der Waals surface area contributed by atoms with Crippen LogP contribution in [0.15, 0.2) is 22.7 Å². The number of halogens is 2. The molecule has 0 aromatic heterocycles. The first-order valence-electron chi connectivity index (χ1n) is 3.75. The van der Waals surface area contributed by atoms with Gasteiger partial charge in [-0.3, -0.25) is 4.79 Å². The Morgan fingerprint density at radius 1 is 1.57 bits per heavy atom. The lowest BCUT2D eigenvalue weighted by Crippen LogP contribution is -1.90. The summed E-state index contributed by atoms with van der Waals surface area (Å²) < 4.78 is 13.7. The lowest BCUT2D eigenvalue weighted by Gasteiger charge is -1.94. The first-order valence-corrected chi connectivity index (χ1v) is 4.54. The first-order chi connectivity index (χ1) is 6.59. The van der Waals surface area contributed by atoms with Crippen molar-refractivity contribution < 1.29 is 14.3 Å².